The van der Waals surface area contributed by atoms with Gasteiger partial charge in [0.1, 0.15) is 11.4 Å². The van der Waals surface area contributed by atoms with Gasteiger partial charge in [-0.25, -0.2) is 9.97 Å². The van der Waals surface area contributed by atoms with Gasteiger partial charge in [-0.3, -0.25) is 9.59 Å². The third-order valence-electron chi connectivity index (χ3n) is 5.90. The summed E-state index contributed by atoms with van der Waals surface area (Å²) in [4.78, 5) is 39.5. The van der Waals surface area contributed by atoms with Crippen molar-refractivity contribution < 1.29 is 9.59 Å². The standard InChI is InChI=1S/C28H42N4O2/c1-5-9-19-31(20-10-6-2)27(33)25-17-13-15-23(29-25)24-16-14-18-26(30-24)28(34)32(21-11-7-3)22-12-8-4/h13-18H,5-12,19-22H2,1-4H3. The Morgan fingerprint density at radius 2 is 0.912 bits per heavy atom. The number of hydrogen-bond acceptors (Lipinski definition) is 4. The van der Waals surface area contributed by atoms with Gasteiger partial charge < -0.3 is 9.80 Å². The molecule has 0 saturated carbocycles. The second-order valence-corrected chi connectivity index (χ2v) is 8.81. The van der Waals surface area contributed by atoms with Crippen LogP contribution < -0.4 is 0 Å². The highest BCUT2D eigenvalue weighted by atomic mass is 16.2. The van der Waals surface area contributed by atoms with E-state index in [-0.39, 0.29) is 11.8 Å². The van der Waals surface area contributed by atoms with Crippen LogP contribution >= 0.6 is 0 Å². The van der Waals surface area contributed by atoms with Crippen molar-refractivity contribution in [1.82, 2.24) is 19.8 Å². The largest absolute Gasteiger partial charge is 0.337 e. The Labute approximate surface area is 205 Å². The highest BCUT2D eigenvalue weighted by Crippen LogP contribution is 2.18. The van der Waals surface area contributed by atoms with E-state index >= 15 is 0 Å². The van der Waals surface area contributed by atoms with Gasteiger partial charge in [-0.2, -0.15) is 0 Å². The molecule has 0 aliphatic carbocycles. The lowest BCUT2D eigenvalue weighted by molar-refractivity contribution is 0.0737. The van der Waals surface area contributed by atoms with Crippen molar-refractivity contribution in [2.24, 2.45) is 0 Å². The molecule has 0 fully saturated rings. The van der Waals surface area contributed by atoms with E-state index in [9.17, 15) is 9.59 Å². The zero-order valence-electron chi connectivity index (χ0n) is 21.6. The summed E-state index contributed by atoms with van der Waals surface area (Å²) in [5.74, 6) is -0.0809. The van der Waals surface area contributed by atoms with Crippen LogP contribution in [0.15, 0.2) is 36.4 Å². The smallest absolute Gasteiger partial charge is 0.272 e. The van der Waals surface area contributed by atoms with Gasteiger partial charge >= 0.3 is 0 Å². The van der Waals surface area contributed by atoms with Gasteiger partial charge in [-0.15, -0.1) is 0 Å². The maximum atomic E-state index is 13.2. The average molecular weight is 467 g/mol. The summed E-state index contributed by atoms with van der Waals surface area (Å²) in [6.45, 7) is 11.5. The molecule has 2 aromatic heterocycles. The summed E-state index contributed by atoms with van der Waals surface area (Å²) in [5, 5.41) is 0. The van der Waals surface area contributed by atoms with Gasteiger partial charge in [0.2, 0.25) is 0 Å². The first kappa shape index (κ1) is 27.5. The summed E-state index contributed by atoms with van der Waals surface area (Å²) in [5.41, 5.74) is 2.08. The number of carbonyl (C=O) groups is 2. The molecule has 6 heteroatoms. The molecule has 0 aromatic carbocycles. The van der Waals surface area contributed by atoms with E-state index in [0.717, 1.165) is 77.5 Å². The molecule has 2 amide bonds. The Morgan fingerprint density at radius 3 is 1.21 bits per heavy atom. The van der Waals surface area contributed by atoms with Crippen LogP contribution in [0.4, 0.5) is 0 Å². The van der Waals surface area contributed by atoms with E-state index in [0.29, 0.717) is 22.8 Å². The molecule has 0 N–H and O–H groups in total. The van der Waals surface area contributed by atoms with E-state index in [1.54, 1.807) is 12.1 Å². The number of nitrogens with zero attached hydrogens (tertiary/aromatic N) is 4. The molecule has 2 rings (SSSR count). The van der Waals surface area contributed by atoms with Crippen LogP contribution in [0, 0.1) is 0 Å². The topological polar surface area (TPSA) is 66.4 Å². The lowest BCUT2D eigenvalue weighted by atomic mass is 10.2. The minimum absolute atomic E-state index is 0.0405. The summed E-state index contributed by atoms with van der Waals surface area (Å²) < 4.78 is 0. The number of hydrogen-bond donors (Lipinski definition) is 0. The first-order valence-electron chi connectivity index (χ1n) is 13.1. The Hall–Kier alpha value is -2.76. The molecule has 0 spiro atoms. The lowest BCUT2D eigenvalue weighted by Gasteiger charge is -2.22. The van der Waals surface area contributed by atoms with E-state index in [4.69, 9.17) is 0 Å². The third-order valence-corrected chi connectivity index (χ3v) is 5.90. The molecule has 0 aliphatic rings. The minimum atomic E-state index is -0.0405. The maximum Gasteiger partial charge on any atom is 0.272 e. The van der Waals surface area contributed by atoms with Gasteiger partial charge in [-0.1, -0.05) is 65.5 Å². The van der Waals surface area contributed by atoms with Gasteiger partial charge in [0.05, 0.1) is 11.4 Å². The van der Waals surface area contributed by atoms with Crippen LogP contribution in [0.25, 0.3) is 11.4 Å². The Kier molecular flexibility index (Phi) is 12.3. The van der Waals surface area contributed by atoms with Crippen LogP contribution in [-0.4, -0.2) is 57.8 Å². The SMILES string of the molecule is CCCCN(CCCC)C(=O)c1cccc(-c2cccc(C(=O)N(CCCC)CCCC)n2)n1. The van der Waals surface area contributed by atoms with E-state index in [1.165, 1.54) is 0 Å². The molecule has 34 heavy (non-hydrogen) atoms. The number of amides is 2. The zero-order valence-corrected chi connectivity index (χ0v) is 21.6. The normalized spacial score (nSPS) is 10.8. The molecule has 6 nitrogen and oxygen atoms in total. The molecule has 0 bridgehead atoms. The number of unbranched alkanes of at least 4 members (excludes halogenated alkanes) is 4. The molecular weight excluding hydrogens is 424 g/mol. The van der Waals surface area contributed by atoms with Crippen molar-refractivity contribution in [3.05, 3.63) is 47.8 Å². The number of pyridine rings is 2. The zero-order chi connectivity index (χ0) is 24.8. The number of rotatable bonds is 15. The Bertz CT molecular complexity index is 810. The number of carbonyl (C=O) groups excluding carboxylic acids is 2. The highest BCUT2D eigenvalue weighted by Gasteiger charge is 2.19. The van der Waals surface area contributed by atoms with Gasteiger partial charge in [0.15, 0.2) is 0 Å². The van der Waals surface area contributed by atoms with Crippen LogP contribution in [0.1, 0.15) is 100 Å². The molecule has 186 valence electrons. The Morgan fingerprint density at radius 1 is 0.588 bits per heavy atom. The fourth-order valence-electron chi connectivity index (χ4n) is 3.74. The molecule has 0 saturated heterocycles. The van der Waals surface area contributed by atoms with Crippen LogP contribution in [-0.2, 0) is 0 Å². The fourth-order valence-corrected chi connectivity index (χ4v) is 3.74. The molecular formula is C28H42N4O2. The third kappa shape index (κ3) is 8.23. The predicted octanol–water partition coefficient (Wildman–Crippen LogP) is 6.23. The fraction of sp³-hybridized carbons (Fsp3) is 0.571. The Balaban J connectivity index is 2.26. The molecule has 0 radical (unpaired) electrons. The van der Waals surface area contributed by atoms with Gasteiger partial charge in [0.25, 0.3) is 11.8 Å². The molecule has 0 unspecified atom stereocenters. The van der Waals surface area contributed by atoms with Gasteiger partial charge in [0, 0.05) is 26.2 Å². The van der Waals surface area contributed by atoms with Gasteiger partial charge in [-0.05, 0) is 49.9 Å². The van der Waals surface area contributed by atoms with Crippen molar-refractivity contribution in [2.75, 3.05) is 26.2 Å². The summed E-state index contributed by atoms with van der Waals surface area (Å²) in [7, 11) is 0. The van der Waals surface area contributed by atoms with E-state index < -0.39 is 0 Å². The molecule has 0 aliphatic heterocycles. The average Bonchev–Trinajstić information content (AvgIpc) is 2.88. The van der Waals surface area contributed by atoms with Crippen LogP contribution in [0.2, 0.25) is 0 Å². The van der Waals surface area contributed by atoms with E-state index in [2.05, 4.69) is 37.7 Å². The molecule has 2 aromatic rings. The summed E-state index contributed by atoms with van der Waals surface area (Å²) >= 11 is 0. The summed E-state index contributed by atoms with van der Waals surface area (Å²) in [6, 6.07) is 10.9. The molecule has 2 heterocycles. The maximum absolute atomic E-state index is 13.2. The van der Waals surface area contributed by atoms with Crippen molar-refractivity contribution in [1.29, 1.82) is 0 Å². The van der Waals surface area contributed by atoms with E-state index in [1.807, 2.05) is 34.1 Å². The predicted molar refractivity (Wildman–Crippen MR) is 139 cm³/mol. The van der Waals surface area contributed by atoms with Crippen LogP contribution in [0.3, 0.4) is 0 Å². The monoisotopic (exact) mass is 466 g/mol. The summed E-state index contributed by atoms with van der Waals surface area (Å²) in [6.07, 6.45) is 8.09. The van der Waals surface area contributed by atoms with Crippen molar-refractivity contribution >= 4 is 11.8 Å². The van der Waals surface area contributed by atoms with Crippen molar-refractivity contribution in [3.63, 3.8) is 0 Å². The van der Waals surface area contributed by atoms with Crippen molar-refractivity contribution in [2.45, 2.75) is 79.1 Å². The second kappa shape index (κ2) is 15.2. The first-order chi connectivity index (χ1) is 16.5. The first-order valence-corrected chi connectivity index (χ1v) is 13.1. The van der Waals surface area contributed by atoms with Crippen molar-refractivity contribution in [3.8, 4) is 11.4 Å². The molecule has 0 atom stereocenters. The minimum Gasteiger partial charge on any atom is -0.337 e. The number of aromatic nitrogens is 2. The quantitative estimate of drug-likeness (QED) is 0.312. The second-order valence-electron chi connectivity index (χ2n) is 8.81. The highest BCUT2D eigenvalue weighted by molar-refractivity contribution is 5.94. The lowest BCUT2D eigenvalue weighted by Crippen LogP contribution is -2.33. The van der Waals surface area contributed by atoms with Crippen LogP contribution in [0.5, 0.6) is 0 Å².